The molecular weight excluding hydrogens is 170 g/mol. The van der Waals surface area contributed by atoms with Crippen LogP contribution in [-0.2, 0) is 14.3 Å². The number of carbonyl (C=O) groups excluding carboxylic acids is 1. The number of hydrogen-bond donors (Lipinski definition) is 0. The summed E-state index contributed by atoms with van der Waals surface area (Å²) in [5.41, 5.74) is 0. The molecule has 4 nitrogen and oxygen atoms in total. The summed E-state index contributed by atoms with van der Waals surface area (Å²) in [6, 6.07) is 0. The minimum Gasteiger partial charge on any atom is -0.469 e. The van der Waals surface area contributed by atoms with Crippen LogP contribution < -0.4 is 0 Å². The van der Waals surface area contributed by atoms with E-state index in [1.165, 1.54) is 7.11 Å². The Labute approximate surface area is 78.8 Å². The SMILES string of the molecule is COC(=O)CCC1CN(C)CCO1. The summed E-state index contributed by atoms with van der Waals surface area (Å²) in [6.07, 6.45) is 1.41. The average molecular weight is 187 g/mol. The maximum atomic E-state index is 10.8. The van der Waals surface area contributed by atoms with Crippen LogP contribution in [0, 0.1) is 0 Å². The Morgan fingerprint density at radius 2 is 2.46 bits per heavy atom. The van der Waals surface area contributed by atoms with Gasteiger partial charge in [0.2, 0.25) is 0 Å². The second-order valence-electron chi connectivity index (χ2n) is 3.37. The van der Waals surface area contributed by atoms with Crippen molar-refractivity contribution in [2.45, 2.75) is 18.9 Å². The molecule has 0 aromatic carbocycles. The molecule has 1 heterocycles. The maximum Gasteiger partial charge on any atom is 0.305 e. The molecule has 1 aliphatic rings. The number of esters is 1. The predicted octanol–water partition coefficient (Wildman–Crippen LogP) is 0.270. The normalized spacial score (nSPS) is 24.3. The summed E-state index contributed by atoms with van der Waals surface area (Å²) in [4.78, 5) is 13.1. The molecule has 0 aliphatic carbocycles. The zero-order chi connectivity index (χ0) is 9.68. The first-order valence-corrected chi connectivity index (χ1v) is 4.59. The third kappa shape index (κ3) is 3.74. The predicted molar refractivity (Wildman–Crippen MR) is 48.5 cm³/mol. The Kier molecular flexibility index (Phi) is 4.18. The third-order valence-electron chi connectivity index (χ3n) is 2.24. The van der Waals surface area contributed by atoms with Crippen LogP contribution in [0.15, 0.2) is 0 Å². The summed E-state index contributed by atoms with van der Waals surface area (Å²) < 4.78 is 10.1. The van der Waals surface area contributed by atoms with Crippen LogP contribution in [0.25, 0.3) is 0 Å². The number of morpholine rings is 1. The van der Waals surface area contributed by atoms with Gasteiger partial charge in [0.1, 0.15) is 0 Å². The maximum absolute atomic E-state index is 10.8. The molecule has 0 saturated carbocycles. The Morgan fingerprint density at radius 1 is 1.69 bits per heavy atom. The van der Waals surface area contributed by atoms with E-state index in [1.807, 2.05) is 0 Å². The van der Waals surface area contributed by atoms with Crippen molar-refractivity contribution in [1.82, 2.24) is 4.90 Å². The summed E-state index contributed by atoms with van der Waals surface area (Å²) in [6.45, 7) is 2.66. The molecule has 1 atom stereocenters. The molecule has 0 radical (unpaired) electrons. The second-order valence-corrected chi connectivity index (χ2v) is 3.37. The quantitative estimate of drug-likeness (QED) is 0.594. The van der Waals surface area contributed by atoms with Gasteiger partial charge in [0.25, 0.3) is 0 Å². The topological polar surface area (TPSA) is 38.8 Å². The molecule has 0 aromatic heterocycles. The van der Waals surface area contributed by atoms with Crippen LogP contribution in [0.2, 0.25) is 0 Å². The molecule has 4 heteroatoms. The van der Waals surface area contributed by atoms with Crippen molar-refractivity contribution in [2.24, 2.45) is 0 Å². The monoisotopic (exact) mass is 187 g/mol. The van der Waals surface area contributed by atoms with Gasteiger partial charge in [0.15, 0.2) is 0 Å². The molecule has 0 bridgehead atoms. The van der Waals surface area contributed by atoms with Gasteiger partial charge in [-0.25, -0.2) is 0 Å². The lowest BCUT2D eigenvalue weighted by atomic mass is 10.1. The molecule has 1 saturated heterocycles. The first-order valence-electron chi connectivity index (χ1n) is 4.59. The lowest BCUT2D eigenvalue weighted by Crippen LogP contribution is -2.40. The highest BCUT2D eigenvalue weighted by molar-refractivity contribution is 5.69. The van der Waals surface area contributed by atoms with Crippen molar-refractivity contribution in [1.29, 1.82) is 0 Å². The van der Waals surface area contributed by atoms with Crippen molar-refractivity contribution < 1.29 is 14.3 Å². The molecule has 1 rings (SSSR count). The average Bonchev–Trinajstić information content (AvgIpc) is 2.14. The number of carbonyl (C=O) groups is 1. The molecule has 0 spiro atoms. The number of likely N-dealkylation sites (N-methyl/N-ethyl adjacent to an activating group) is 1. The molecule has 1 fully saturated rings. The molecular formula is C9H17NO3. The van der Waals surface area contributed by atoms with E-state index < -0.39 is 0 Å². The Balaban J connectivity index is 2.17. The van der Waals surface area contributed by atoms with Crippen LogP contribution >= 0.6 is 0 Å². The minimum atomic E-state index is -0.156. The van der Waals surface area contributed by atoms with Gasteiger partial charge in [-0.3, -0.25) is 4.79 Å². The fourth-order valence-electron chi connectivity index (χ4n) is 1.42. The third-order valence-corrected chi connectivity index (χ3v) is 2.24. The zero-order valence-corrected chi connectivity index (χ0v) is 8.28. The summed E-state index contributed by atoms with van der Waals surface area (Å²) in [7, 11) is 3.48. The number of nitrogens with zero attached hydrogens (tertiary/aromatic N) is 1. The minimum absolute atomic E-state index is 0.156. The van der Waals surface area contributed by atoms with Gasteiger partial charge in [0, 0.05) is 19.5 Å². The standard InChI is InChI=1S/C9H17NO3/c1-10-5-6-13-8(7-10)3-4-9(11)12-2/h8H,3-7H2,1-2H3. The number of hydrogen-bond acceptors (Lipinski definition) is 4. The lowest BCUT2D eigenvalue weighted by molar-refractivity contribution is -0.141. The summed E-state index contributed by atoms with van der Waals surface area (Å²) in [5, 5.41) is 0. The number of ether oxygens (including phenoxy) is 2. The molecule has 1 aliphatic heterocycles. The van der Waals surface area contributed by atoms with E-state index in [9.17, 15) is 4.79 Å². The highest BCUT2D eigenvalue weighted by Gasteiger charge is 2.18. The van der Waals surface area contributed by atoms with E-state index >= 15 is 0 Å². The van der Waals surface area contributed by atoms with Gasteiger partial charge < -0.3 is 14.4 Å². The largest absolute Gasteiger partial charge is 0.469 e. The smallest absolute Gasteiger partial charge is 0.305 e. The Hall–Kier alpha value is -0.610. The Morgan fingerprint density at radius 3 is 3.08 bits per heavy atom. The Bertz CT molecular complexity index is 172. The molecule has 0 N–H and O–H groups in total. The van der Waals surface area contributed by atoms with Crippen LogP contribution in [0.1, 0.15) is 12.8 Å². The van der Waals surface area contributed by atoms with Crippen LogP contribution in [0.4, 0.5) is 0 Å². The second kappa shape index (κ2) is 5.19. The van der Waals surface area contributed by atoms with Crippen molar-refractivity contribution in [3.05, 3.63) is 0 Å². The van der Waals surface area contributed by atoms with Gasteiger partial charge >= 0.3 is 5.97 Å². The van der Waals surface area contributed by atoms with Crippen LogP contribution in [-0.4, -0.2) is 50.8 Å². The zero-order valence-electron chi connectivity index (χ0n) is 8.28. The van der Waals surface area contributed by atoms with Crippen molar-refractivity contribution in [3.8, 4) is 0 Å². The number of rotatable bonds is 3. The van der Waals surface area contributed by atoms with Gasteiger partial charge in [-0.05, 0) is 13.5 Å². The van der Waals surface area contributed by atoms with E-state index in [4.69, 9.17) is 4.74 Å². The van der Waals surface area contributed by atoms with E-state index in [0.29, 0.717) is 6.42 Å². The highest BCUT2D eigenvalue weighted by atomic mass is 16.5. The van der Waals surface area contributed by atoms with Gasteiger partial charge in [-0.1, -0.05) is 0 Å². The molecule has 1 unspecified atom stereocenters. The fourth-order valence-corrected chi connectivity index (χ4v) is 1.42. The molecule has 13 heavy (non-hydrogen) atoms. The van der Waals surface area contributed by atoms with Crippen LogP contribution in [0.3, 0.4) is 0 Å². The van der Waals surface area contributed by atoms with E-state index in [-0.39, 0.29) is 12.1 Å². The van der Waals surface area contributed by atoms with E-state index in [0.717, 1.165) is 26.1 Å². The lowest BCUT2D eigenvalue weighted by Gasteiger charge is -2.29. The van der Waals surface area contributed by atoms with Crippen LogP contribution in [0.5, 0.6) is 0 Å². The number of methoxy groups -OCH3 is 1. The van der Waals surface area contributed by atoms with E-state index in [1.54, 1.807) is 0 Å². The van der Waals surface area contributed by atoms with E-state index in [2.05, 4.69) is 16.7 Å². The molecule has 0 aromatic rings. The van der Waals surface area contributed by atoms with Crippen molar-refractivity contribution >= 4 is 5.97 Å². The summed E-state index contributed by atoms with van der Waals surface area (Å²) in [5.74, 6) is -0.156. The summed E-state index contributed by atoms with van der Waals surface area (Å²) >= 11 is 0. The fraction of sp³-hybridized carbons (Fsp3) is 0.889. The van der Waals surface area contributed by atoms with Gasteiger partial charge in [-0.2, -0.15) is 0 Å². The van der Waals surface area contributed by atoms with Crippen molar-refractivity contribution in [2.75, 3.05) is 33.9 Å². The first-order chi connectivity index (χ1) is 6.22. The molecule has 0 amide bonds. The van der Waals surface area contributed by atoms with Crippen molar-refractivity contribution in [3.63, 3.8) is 0 Å². The van der Waals surface area contributed by atoms with Gasteiger partial charge in [0.05, 0.1) is 19.8 Å². The van der Waals surface area contributed by atoms with Gasteiger partial charge in [-0.15, -0.1) is 0 Å². The highest BCUT2D eigenvalue weighted by Crippen LogP contribution is 2.09. The first kappa shape index (κ1) is 10.5. The molecule has 76 valence electrons.